The summed E-state index contributed by atoms with van der Waals surface area (Å²) >= 11 is 0. The van der Waals surface area contributed by atoms with E-state index in [9.17, 15) is 0 Å². The van der Waals surface area contributed by atoms with Crippen LogP contribution in [0.25, 0.3) is 0 Å². The molecule has 0 aliphatic heterocycles. The molecule has 3 atom stereocenters. The summed E-state index contributed by atoms with van der Waals surface area (Å²) in [4.78, 5) is 0. The number of fused-ring (bicyclic) bond motifs is 2. The third-order valence-corrected chi connectivity index (χ3v) is 4.36. The molecule has 0 aromatic heterocycles. The maximum atomic E-state index is 7.97. The second-order valence-electron chi connectivity index (χ2n) is 4.81. The average Bonchev–Trinajstić information content (AvgIpc) is 2.20. The number of hydrogen-bond donors (Lipinski definition) is 0. The van der Waals surface area contributed by atoms with Gasteiger partial charge in [-0.2, -0.15) is 0 Å². The molecule has 0 radical (unpaired) electrons. The van der Waals surface area contributed by atoms with Gasteiger partial charge in [0.15, 0.2) is 0 Å². The van der Waals surface area contributed by atoms with Gasteiger partial charge in [0.1, 0.15) is 0 Å². The van der Waals surface area contributed by atoms with Crippen LogP contribution in [0.15, 0.2) is 0 Å². The summed E-state index contributed by atoms with van der Waals surface area (Å²) in [6, 6.07) is 0. The summed E-state index contributed by atoms with van der Waals surface area (Å²) in [6.45, 7) is 7.04. The fraction of sp³-hybridized carbons (Fsp3) is 1.00. The van der Waals surface area contributed by atoms with E-state index in [1.807, 2.05) is 0 Å². The molecule has 2 aliphatic carbocycles. The van der Waals surface area contributed by atoms with E-state index in [4.69, 9.17) is 1.37 Å². The summed E-state index contributed by atoms with van der Waals surface area (Å²) in [5.74, 6) is 0.843. The molecule has 0 saturated heterocycles. The molecule has 58 valence electrons. The predicted octanol–water partition coefficient (Wildman–Crippen LogP) is 3.22. The van der Waals surface area contributed by atoms with Gasteiger partial charge in [0, 0.05) is 1.37 Å². The average molecular weight is 139 g/mol. The molecule has 2 bridgehead atoms. The Hall–Kier alpha value is 0. The Bertz CT molecular complexity index is 185. The van der Waals surface area contributed by atoms with Crippen molar-refractivity contribution in [2.24, 2.45) is 16.7 Å². The van der Waals surface area contributed by atoms with Crippen molar-refractivity contribution in [3.63, 3.8) is 0 Å². The summed E-state index contributed by atoms with van der Waals surface area (Å²) < 4.78 is 7.97. The second-order valence-corrected chi connectivity index (χ2v) is 4.81. The van der Waals surface area contributed by atoms with Crippen molar-refractivity contribution in [3.8, 4) is 0 Å². The summed E-state index contributed by atoms with van der Waals surface area (Å²) in [5, 5.41) is 0. The van der Waals surface area contributed by atoms with Gasteiger partial charge in [-0.25, -0.2) is 0 Å². The van der Waals surface area contributed by atoms with E-state index in [1.54, 1.807) is 0 Å². The van der Waals surface area contributed by atoms with Gasteiger partial charge in [0.05, 0.1) is 0 Å². The molecule has 0 N–H and O–H groups in total. The monoisotopic (exact) mass is 139 g/mol. The van der Waals surface area contributed by atoms with Crippen LogP contribution in [-0.4, -0.2) is 0 Å². The van der Waals surface area contributed by atoms with Crippen LogP contribution in [0.5, 0.6) is 0 Å². The van der Waals surface area contributed by atoms with E-state index in [1.165, 1.54) is 12.8 Å². The fourth-order valence-corrected chi connectivity index (χ4v) is 2.80. The van der Waals surface area contributed by atoms with Gasteiger partial charge in [-0.15, -0.1) is 0 Å². The smallest absolute Gasteiger partial charge is 0.0272 e. The lowest BCUT2D eigenvalue weighted by Gasteiger charge is -2.34. The fourth-order valence-electron chi connectivity index (χ4n) is 2.80. The molecule has 0 aromatic carbocycles. The van der Waals surface area contributed by atoms with Crippen molar-refractivity contribution in [1.82, 2.24) is 0 Å². The molecule has 0 amide bonds. The lowest BCUT2D eigenvalue weighted by atomic mass is 9.71. The third kappa shape index (κ3) is 0.538. The minimum Gasteiger partial charge on any atom is -0.0591 e. The number of rotatable bonds is 0. The first-order valence-corrected chi connectivity index (χ1v) is 4.41. The Balaban J connectivity index is 2.40. The third-order valence-electron chi connectivity index (χ3n) is 4.36. The van der Waals surface area contributed by atoms with Crippen molar-refractivity contribution in [3.05, 3.63) is 0 Å². The molecule has 10 heavy (non-hydrogen) atoms. The molecule has 2 aliphatic rings. The minimum absolute atomic E-state index is 0.219. The van der Waals surface area contributed by atoms with Crippen molar-refractivity contribution < 1.29 is 1.37 Å². The van der Waals surface area contributed by atoms with Gasteiger partial charge < -0.3 is 0 Å². The van der Waals surface area contributed by atoms with Crippen LogP contribution in [0, 0.1) is 16.7 Å². The molecule has 2 saturated carbocycles. The van der Waals surface area contributed by atoms with Crippen LogP contribution in [0.2, 0.25) is 0 Å². The van der Waals surface area contributed by atoms with Crippen LogP contribution >= 0.6 is 0 Å². The summed E-state index contributed by atoms with van der Waals surface area (Å²) in [5.41, 5.74) is 0.775. The van der Waals surface area contributed by atoms with Gasteiger partial charge in [-0.1, -0.05) is 20.8 Å². The maximum absolute atomic E-state index is 7.97. The molecule has 2 rings (SSSR count). The first kappa shape index (κ1) is 5.62. The summed E-state index contributed by atoms with van der Waals surface area (Å²) in [6.07, 6.45) is 4.04. The standard InChI is InChI=1S/C10H18/c1-9(2)8-4-6-10(9,3)7-5-8/h8H,4-7H2,1-3H3/i6D/t6-,8?,10?/m0/s1. The van der Waals surface area contributed by atoms with Gasteiger partial charge in [0.2, 0.25) is 0 Å². The van der Waals surface area contributed by atoms with E-state index in [2.05, 4.69) is 20.8 Å². The quantitative estimate of drug-likeness (QED) is 0.483. The van der Waals surface area contributed by atoms with E-state index >= 15 is 0 Å². The molecule has 2 fully saturated rings. The van der Waals surface area contributed by atoms with Crippen molar-refractivity contribution in [2.75, 3.05) is 0 Å². The normalized spacial score (nSPS) is 58.9. The molecule has 0 nitrogen and oxygen atoms in total. The predicted molar refractivity (Wildman–Crippen MR) is 43.8 cm³/mol. The van der Waals surface area contributed by atoms with Gasteiger partial charge in [-0.3, -0.25) is 0 Å². The van der Waals surface area contributed by atoms with Gasteiger partial charge in [0.25, 0.3) is 0 Å². The van der Waals surface area contributed by atoms with Crippen molar-refractivity contribution in [1.29, 1.82) is 0 Å². The molecule has 0 spiro atoms. The first-order valence-electron chi connectivity index (χ1n) is 4.98. The lowest BCUT2D eigenvalue weighted by molar-refractivity contribution is 0.152. The zero-order valence-electron chi connectivity index (χ0n) is 8.28. The van der Waals surface area contributed by atoms with Crippen LogP contribution in [0.1, 0.15) is 47.8 Å². The number of hydrogen-bond acceptors (Lipinski definition) is 0. The Kier molecular flexibility index (Phi) is 0.898. The Morgan fingerprint density at radius 3 is 2.20 bits per heavy atom. The Labute approximate surface area is 65.4 Å². The highest BCUT2D eigenvalue weighted by molar-refractivity contribution is 5.05. The topological polar surface area (TPSA) is 0 Å². The molecule has 0 heterocycles. The van der Waals surface area contributed by atoms with E-state index in [-0.39, 0.29) is 6.40 Å². The van der Waals surface area contributed by atoms with E-state index in [0.29, 0.717) is 10.8 Å². The highest BCUT2D eigenvalue weighted by atomic mass is 14.6. The molecule has 0 heteroatoms. The van der Waals surface area contributed by atoms with E-state index in [0.717, 1.165) is 12.3 Å². The molecular formula is C10H18. The highest BCUT2D eigenvalue weighted by Gasteiger charge is 2.55. The summed E-state index contributed by atoms with van der Waals surface area (Å²) in [7, 11) is 0. The molecule has 0 aromatic rings. The molecule has 2 unspecified atom stereocenters. The van der Waals surface area contributed by atoms with E-state index < -0.39 is 0 Å². The van der Waals surface area contributed by atoms with Gasteiger partial charge in [-0.05, 0) is 42.4 Å². The largest absolute Gasteiger partial charge is 0.0591 e. The Morgan fingerprint density at radius 1 is 1.30 bits per heavy atom. The van der Waals surface area contributed by atoms with Crippen molar-refractivity contribution in [2.45, 2.75) is 46.4 Å². The van der Waals surface area contributed by atoms with Crippen LogP contribution in [-0.2, 0) is 0 Å². The van der Waals surface area contributed by atoms with Gasteiger partial charge >= 0.3 is 0 Å². The van der Waals surface area contributed by atoms with Crippen LogP contribution in [0.4, 0.5) is 0 Å². The van der Waals surface area contributed by atoms with Crippen LogP contribution < -0.4 is 0 Å². The maximum Gasteiger partial charge on any atom is 0.0272 e. The zero-order chi connectivity index (χ0) is 8.28. The lowest BCUT2D eigenvalue weighted by Crippen LogP contribution is -2.26. The minimum atomic E-state index is 0.219. The molecular weight excluding hydrogens is 120 g/mol. The highest BCUT2D eigenvalue weighted by Crippen LogP contribution is 2.65. The van der Waals surface area contributed by atoms with Crippen molar-refractivity contribution >= 4 is 0 Å². The van der Waals surface area contributed by atoms with Crippen LogP contribution in [0.3, 0.4) is 0 Å². The zero-order valence-corrected chi connectivity index (χ0v) is 7.28. The SMILES string of the molecule is [2H][C@H]1CC2CCC1(C)C2(C)C. The second kappa shape index (κ2) is 1.60. The Morgan fingerprint density at radius 2 is 2.00 bits per heavy atom. The first-order chi connectivity index (χ1) is 4.98.